The van der Waals surface area contributed by atoms with Crippen LogP contribution in [0.4, 0.5) is 0 Å². The molecule has 0 aliphatic carbocycles. The number of allylic oxidation sites excluding steroid dienone is 1. The van der Waals surface area contributed by atoms with E-state index in [2.05, 4.69) is 39.8 Å². The number of rotatable bonds is 3. The van der Waals surface area contributed by atoms with E-state index in [4.69, 9.17) is 9.47 Å². The molecular weight excluding hydrogens is 200 g/mol. The van der Waals surface area contributed by atoms with E-state index in [1.165, 1.54) is 0 Å². The summed E-state index contributed by atoms with van der Waals surface area (Å²) < 4.78 is 12.0. The fraction of sp³-hybridized carbons (Fsp3) is 0.857. The zero-order valence-electron chi connectivity index (χ0n) is 11.5. The molecule has 0 radical (unpaired) electrons. The summed E-state index contributed by atoms with van der Waals surface area (Å²) in [7, 11) is 0. The molecule has 1 aliphatic rings. The number of ether oxygens (including phenoxy) is 2. The highest BCUT2D eigenvalue weighted by Gasteiger charge is 2.41. The summed E-state index contributed by atoms with van der Waals surface area (Å²) in [5.41, 5.74) is 0. The minimum absolute atomic E-state index is 0.255. The van der Waals surface area contributed by atoms with Gasteiger partial charge < -0.3 is 9.47 Å². The van der Waals surface area contributed by atoms with Gasteiger partial charge in [0.1, 0.15) is 0 Å². The molecular formula is C14H26O2. The van der Waals surface area contributed by atoms with E-state index >= 15 is 0 Å². The van der Waals surface area contributed by atoms with Gasteiger partial charge in [-0.2, -0.15) is 0 Å². The van der Waals surface area contributed by atoms with Crippen LogP contribution in [0.5, 0.6) is 0 Å². The van der Waals surface area contributed by atoms with E-state index in [-0.39, 0.29) is 6.10 Å². The topological polar surface area (TPSA) is 18.5 Å². The van der Waals surface area contributed by atoms with E-state index in [1.807, 2.05) is 13.8 Å². The Labute approximate surface area is 100 Å². The van der Waals surface area contributed by atoms with Crippen molar-refractivity contribution in [2.24, 2.45) is 11.8 Å². The molecule has 2 heteroatoms. The Morgan fingerprint density at radius 2 is 1.94 bits per heavy atom. The van der Waals surface area contributed by atoms with E-state index in [0.29, 0.717) is 17.9 Å². The first-order chi connectivity index (χ1) is 7.41. The molecule has 0 unspecified atom stereocenters. The van der Waals surface area contributed by atoms with Gasteiger partial charge in [0.2, 0.25) is 0 Å². The van der Waals surface area contributed by atoms with Gasteiger partial charge in [-0.15, -0.1) is 0 Å². The highest BCUT2D eigenvalue weighted by Crippen LogP contribution is 2.35. The van der Waals surface area contributed by atoms with Gasteiger partial charge in [-0.1, -0.05) is 32.9 Å². The third-order valence-electron chi connectivity index (χ3n) is 3.38. The van der Waals surface area contributed by atoms with E-state index in [1.54, 1.807) is 0 Å². The van der Waals surface area contributed by atoms with Crippen molar-refractivity contribution in [1.29, 1.82) is 0 Å². The Balaban J connectivity index is 2.81. The van der Waals surface area contributed by atoms with Crippen LogP contribution in [0.3, 0.4) is 0 Å². The largest absolute Gasteiger partial charge is 0.347 e. The first kappa shape index (κ1) is 13.7. The van der Waals surface area contributed by atoms with Crippen LogP contribution >= 0.6 is 0 Å². The van der Waals surface area contributed by atoms with Crippen LogP contribution in [0.25, 0.3) is 0 Å². The van der Waals surface area contributed by atoms with E-state index in [0.717, 1.165) is 6.42 Å². The molecule has 0 saturated carbocycles. The Bertz CT molecular complexity index is 245. The lowest BCUT2D eigenvalue weighted by Crippen LogP contribution is -2.51. The summed E-state index contributed by atoms with van der Waals surface area (Å²) >= 11 is 0. The van der Waals surface area contributed by atoms with E-state index in [9.17, 15) is 0 Å². The summed E-state index contributed by atoms with van der Waals surface area (Å²) in [6, 6.07) is 0. The quantitative estimate of drug-likeness (QED) is 0.682. The van der Waals surface area contributed by atoms with Crippen LogP contribution in [-0.4, -0.2) is 18.0 Å². The highest BCUT2D eigenvalue weighted by atomic mass is 16.7. The lowest BCUT2D eigenvalue weighted by molar-refractivity contribution is -0.324. The summed E-state index contributed by atoms with van der Waals surface area (Å²) in [6.07, 6.45) is 5.93. The molecule has 0 N–H and O–H groups in total. The Hall–Kier alpha value is -0.340. The van der Waals surface area contributed by atoms with Crippen molar-refractivity contribution in [2.75, 3.05) is 0 Å². The van der Waals surface area contributed by atoms with Crippen LogP contribution in [0.1, 0.15) is 48.0 Å². The maximum absolute atomic E-state index is 6.06. The average molecular weight is 226 g/mol. The molecule has 4 atom stereocenters. The Morgan fingerprint density at radius 1 is 1.31 bits per heavy atom. The second-order valence-electron chi connectivity index (χ2n) is 5.29. The van der Waals surface area contributed by atoms with Gasteiger partial charge in [0.25, 0.3) is 0 Å². The van der Waals surface area contributed by atoms with Crippen LogP contribution in [0, 0.1) is 11.8 Å². The molecule has 0 aromatic rings. The summed E-state index contributed by atoms with van der Waals surface area (Å²) in [6.45, 7) is 12.7. The highest BCUT2D eigenvalue weighted by molar-refractivity contribution is 4.93. The summed E-state index contributed by atoms with van der Waals surface area (Å²) in [4.78, 5) is 0. The minimum atomic E-state index is -0.451. The molecule has 0 bridgehead atoms. The lowest BCUT2D eigenvalue weighted by Gasteiger charge is -2.46. The molecule has 2 nitrogen and oxygen atoms in total. The van der Waals surface area contributed by atoms with Crippen molar-refractivity contribution in [1.82, 2.24) is 0 Å². The molecule has 0 amide bonds. The fourth-order valence-electron chi connectivity index (χ4n) is 2.60. The van der Waals surface area contributed by atoms with Crippen molar-refractivity contribution in [3.63, 3.8) is 0 Å². The van der Waals surface area contributed by atoms with Crippen molar-refractivity contribution >= 4 is 0 Å². The average Bonchev–Trinajstić information content (AvgIpc) is 2.21. The first-order valence-electron chi connectivity index (χ1n) is 6.39. The van der Waals surface area contributed by atoms with Gasteiger partial charge in [0, 0.05) is 11.8 Å². The second kappa shape index (κ2) is 5.33. The number of hydrogen-bond donors (Lipinski definition) is 0. The standard InChI is InChI=1S/C14H26O2/c1-7-9-10(3)13-11(4)12(8-2)15-14(5,6)16-13/h7,9-13H,8H2,1-6H3/b9-7+/t10-,11-,12+,13-/m1/s1. The van der Waals surface area contributed by atoms with Crippen molar-refractivity contribution in [3.05, 3.63) is 12.2 Å². The van der Waals surface area contributed by atoms with Gasteiger partial charge in [0.05, 0.1) is 12.2 Å². The third-order valence-corrected chi connectivity index (χ3v) is 3.38. The smallest absolute Gasteiger partial charge is 0.163 e. The van der Waals surface area contributed by atoms with Gasteiger partial charge >= 0.3 is 0 Å². The molecule has 0 aromatic heterocycles. The molecule has 16 heavy (non-hydrogen) atoms. The normalized spacial score (nSPS) is 36.5. The van der Waals surface area contributed by atoms with Crippen LogP contribution in [0.2, 0.25) is 0 Å². The SMILES string of the molecule is C/C=C/[C@@H](C)[C@H]1OC(C)(C)O[C@@H](CC)[C@H]1C. The van der Waals surface area contributed by atoms with Gasteiger partial charge in [-0.3, -0.25) is 0 Å². The van der Waals surface area contributed by atoms with E-state index < -0.39 is 5.79 Å². The zero-order valence-corrected chi connectivity index (χ0v) is 11.5. The van der Waals surface area contributed by atoms with Crippen LogP contribution in [-0.2, 0) is 9.47 Å². The lowest BCUT2D eigenvalue weighted by atomic mass is 9.86. The van der Waals surface area contributed by atoms with Gasteiger partial charge in [-0.05, 0) is 27.2 Å². The maximum Gasteiger partial charge on any atom is 0.163 e. The molecule has 94 valence electrons. The van der Waals surface area contributed by atoms with Crippen molar-refractivity contribution in [3.8, 4) is 0 Å². The zero-order chi connectivity index (χ0) is 12.3. The second-order valence-corrected chi connectivity index (χ2v) is 5.29. The summed E-state index contributed by atoms with van der Waals surface area (Å²) in [5.74, 6) is 0.440. The number of hydrogen-bond acceptors (Lipinski definition) is 2. The molecule has 1 aliphatic heterocycles. The molecule has 1 saturated heterocycles. The Kier molecular flexibility index (Phi) is 4.57. The third kappa shape index (κ3) is 3.08. The van der Waals surface area contributed by atoms with Crippen molar-refractivity contribution < 1.29 is 9.47 Å². The Morgan fingerprint density at radius 3 is 2.44 bits per heavy atom. The van der Waals surface area contributed by atoms with Crippen molar-refractivity contribution in [2.45, 2.75) is 66.0 Å². The van der Waals surface area contributed by atoms with Gasteiger partial charge in [0.15, 0.2) is 5.79 Å². The summed E-state index contributed by atoms with van der Waals surface area (Å²) in [5, 5.41) is 0. The maximum atomic E-state index is 6.06. The molecule has 0 spiro atoms. The predicted octanol–water partition coefficient (Wildman–Crippen LogP) is 3.76. The molecule has 1 heterocycles. The van der Waals surface area contributed by atoms with Crippen LogP contribution < -0.4 is 0 Å². The molecule has 0 aromatic carbocycles. The van der Waals surface area contributed by atoms with Crippen LogP contribution in [0.15, 0.2) is 12.2 Å². The predicted molar refractivity (Wildman–Crippen MR) is 67.3 cm³/mol. The van der Waals surface area contributed by atoms with Gasteiger partial charge in [-0.25, -0.2) is 0 Å². The minimum Gasteiger partial charge on any atom is -0.347 e. The monoisotopic (exact) mass is 226 g/mol. The molecule has 1 fully saturated rings. The fourth-order valence-corrected chi connectivity index (χ4v) is 2.60. The first-order valence-corrected chi connectivity index (χ1v) is 6.39. The molecule has 1 rings (SSSR count).